The lowest BCUT2D eigenvalue weighted by Gasteiger charge is -2.26. The van der Waals surface area contributed by atoms with Crippen LogP contribution in [0.4, 0.5) is 5.69 Å². The average molecular weight is 207 g/mol. The Bertz CT molecular complexity index is 347. The number of hydrogen-bond donors (Lipinski definition) is 0. The van der Waals surface area contributed by atoms with Crippen LogP contribution in [0.5, 0.6) is 5.75 Å². The van der Waals surface area contributed by atoms with Gasteiger partial charge < -0.3 is 14.4 Å². The van der Waals surface area contributed by atoms with Gasteiger partial charge in [-0.05, 0) is 24.3 Å². The van der Waals surface area contributed by atoms with E-state index in [0.717, 1.165) is 11.4 Å². The zero-order valence-corrected chi connectivity index (χ0v) is 8.60. The maximum Gasteiger partial charge on any atom is 0.253 e. The quantitative estimate of drug-likeness (QED) is 0.727. The van der Waals surface area contributed by atoms with Crippen molar-refractivity contribution in [2.45, 2.75) is 0 Å². The van der Waals surface area contributed by atoms with Crippen molar-refractivity contribution in [3.63, 3.8) is 0 Å². The molecule has 1 aliphatic rings. The van der Waals surface area contributed by atoms with Gasteiger partial charge in [0.25, 0.3) is 5.91 Å². The summed E-state index contributed by atoms with van der Waals surface area (Å²) in [6.07, 6.45) is 0. The number of hydrogen-bond acceptors (Lipinski definition) is 3. The van der Waals surface area contributed by atoms with Crippen molar-refractivity contribution in [1.29, 1.82) is 0 Å². The number of benzene rings is 1. The van der Waals surface area contributed by atoms with E-state index in [-0.39, 0.29) is 12.5 Å². The van der Waals surface area contributed by atoms with Crippen LogP contribution < -0.4 is 9.64 Å². The minimum Gasteiger partial charge on any atom is -0.497 e. The van der Waals surface area contributed by atoms with Crippen LogP contribution in [-0.2, 0) is 9.53 Å². The molecular weight excluding hydrogens is 194 g/mol. The van der Waals surface area contributed by atoms with Crippen LogP contribution in [0.2, 0.25) is 0 Å². The van der Waals surface area contributed by atoms with Crippen molar-refractivity contribution in [3.8, 4) is 5.75 Å². The summed E-state index contributed by atoms with van der Waals surface area (Å²) in [5, 5.41) is 0. The summed E-state index contributed by atoms with van der Waals surface area (Å²) < 4.78 is 10.1. The molecule has 0 unspecified atom stereocenters. The van der Waals surface area contributed by atoms with Gasteiger partial charge in [-0.1, -0.05) is 0 Å². The number of amides is 1. The second-order valence-corrected chi connectivity index (χ2v) is 3.30. The van der Waals surface area contributed by atoms with Gasteiger partial charge in [-0.25, -0.2) is 0 Å². The molecule has 0 atom stereocenters. The first kappa shape index (κ1) is 9.98. The fourth-order valence-corrected chi connectivity index (χ4v) is 1.55. The predicted molar refractivity (Wildman–Crippen MR) is 56.2 cm³/mol. The third-order valence-electron chi connectivity index (χ3n) is 2.37. The molecule has 0 spiro atoms. The molecular formula is C11H13NO3. The standard InChI is InChI=1S/C11H13NO3/c1-14-10-4-2-9(3-5-10)12-6-7-15-8-11(12)13/h2-5H,6-8H2,1H3. The zero-order chi connectivity index (χ0) is 10.7. The topological polar surface area (TPSA) is 38.8 Å². The molecule has 4 nitrogen and oxygen atoms in total. The molecule has 0 N–H and O–H groups in total. The molecule has 1 heterocycles. The highest BCUT2D eigenvalue weighted by Gasteiger charge is 2.19. The monoisotopic (exact) mass is 207 g/mol. The van der Waals surface area contributed by atoms with Gasteiger partial charge in [0, 0.05) is 12.2 Å². The Labute approximate surface area is 88.4 Å². The van der Waals surface area contributed by atoms with Gasteiger partial charge >= 0.3 is 0 Å². The molecule has 15 heavy (non-hydrogen) atoms. The van der Waals surface area contributed by atoms with Gasteiger partial charge in [0.05, 0.1) is 13.7 Å². The maximum atomic E-state index is 11.5. The third-order valence-corrected chi connectivity index (χ3v) is 2.37. The van der Waals surface area contributed by atoms with Crippen molar-refractivity contribution in [2.75, 3.05) is 31.8 Å². The van der Waals surface area contributed by atoms with Crippen molar-refractivity contribution in [3.05, 3.63) is 24.3 Å². The lowest BCUT2D eigenvalue weighted by molar-refractivity contribution is -0.125. The van der Waals surface area contributed by atoms with Gasteiger partial charge in [-0.2, -0.15) is 0 Å². The van der Waals surface area contributed by atoms with Gasteiger partial charge in [0.15, 0.2) is 0 Å². The molecule has 1 amide bonds. The zero-order valence-electron chi connectivity index (χ0n) is 8.60. The number of rotatable bonds is 2. The fraction of sp³-hybridized carbons (Fsp3) is 0.364. The van der Waals surface area contributed by atoms with Gasteiger partial charge in [0.2, 0.25) is 0 Å². The lowest BCUT2D eigenvalue weighted by atomic mass is 10.2. The summed E-state index contributed by atoms with van der Waals surface area (Å²) in [5.74, 6) is 0.797. The SMILES string of the molecule is COc1ccc(N2CCOCC2=O)cc1. The highest BCUT2D eigenvalue weighted by Crippen LogP contribution is 2.20. The van der Waals surface area contributed by atoms with E-state index in [4.69, 9.17) is 9.47 Å². The molecule has 1 saturated heterocycles. The molecule has 4 heteroatoms. The smallest absolute Gasteiger partial charge is 0.253 e. The molecule has 1 aromatic carbocycles. The number of morpholine rings is 1. The first-order valence-electron chi connectivity index (χ1n) is 4.83. The highest BCUT2D eigenvalue weighted by molar-refractivity contribution is 5.94. The van der Waals surface area contributed by atoms with E-state index < -0.39 is 0 Å². The van der Waals surface area contributed by atoms with Crippen molar-refractivity contribution in [1.82, 2.24) is 0 Å². The Balaban J connectivity index is 2.17. The first-order valence-corrected chi connectivity index (χ1v) is 4.83. The Morgan fingerprint density at radius 1 is 1.33 bits per heavy atom. The summed E-state index contributed by atoms with van der Waals surface area (Å²) >= 11 is 0. The largest absolute Gasteiger partial charge is 0.497 e. The van der Waals surface area contributed by atoms with E-state index in [1.807, 2.05) is 24.3 Å². The summed E-state index contributed by atoms with van der Waals surface area (Å²) in [5.41, 5.74) is 0.893. The highest BCUT2D eigenvalue weighted by atomic mass is 16.5. The Hall–Kier alpha value is -1.55. The summed E-state index contributed by atoms with van der Waals surface area (Å²) in [4.78, 5) is 13.2. The van der Waals surface area contributed by atoms with Gasteiger partial charge in [-0.3, -0.25) is 4.79 Å². The minimum atomic E-state index is 0.00594. The van der Waals surface area contributed by atoms with E-state index in [0.29, 0.717) is 13.2 Å². The Morgan fingerprint density at radius 3 is 2.67 bits per heavy atom. The normalized spacial score (nSPS) is 16.6. The number of nitrogens with zero attached hydrogens (tertiary/aromatic N) is 1. The van der Waals surface area contributed by atoms with Crippen LogP contribution >= 0.6 is 0 Å². The van der Waals surface area contributed by atoms with Crippen molar-refractivity contribution in [2.24, 2.45) is 0 Å². The van der Waals surface area contributed by atoms with Crippen LogP contribution in [-0.4, -0.2) is 32.8 Å². The van der Waals surface area contributed by atoms with Crippen LogP contribution in [0.1, 0.15) is 0 Å². The number of carbonyl (C=O) groups excluding carboxylic acids is 1. The van der Waals surface area contributed by atoms with E-state index in [1.165, 1.54) is 0 Å². The molecule has 0 aromatic heterocycles. The number of carbonyl (C=O) groups is 1. The van der Waals surface area contributed by atoms with E-state index in [1.54, 1.807) is 12.0 Å². The van der Waals surface area contributed by atoms with Crippen molar-refractivity contribution < 1.29 is 14.3 Å². The van der Waals surface area contributed by atoms with E-state index >= 15 is 0 Å². The Morgan fingerprint density at radius 2 is 2.07 bits per heavy atom. The van der Waals surface area contributed by atoms with Crippen LogP contribution in [0, 0.1) is 0 Å². The summed E-state index contributed by atoms with van der Waals surface area (Å²) in [6.45, 7) is 1.38. The molecule has 1 aliphatic heterocycles. The minimum absolute atomic E-state index is 0.00594. The molecule has 0 aliphatic carbocycles. The second kappa shape index (κ2) is 4.31. The number of methoxy groups -OCH3 is 1. The Kier molecular flexibility index (Phi) is 2.87. The molecule has 0 saturated carbocycles. The van der Waals surface area contributed by atoms with Gasteiger partial charge in [-0.15, -0.1) is 0 Å². The van der Waals surface area contributed by atoms with E-state index in [9.17, 15) is 4.79 Å². The number of ether oxygens (including phenoxy) is 2. The number of anilines is 1. The molecule has 2 rings (SSSR count). The van der Waals surface area contributed by atoms with Crippen LogP contribution in [0.25, 0.3) is 0 Å². The third kappa shape index (κ3) is 2.10. The molecule has 0 bridgehead atoms. The molecule has 1 aromatic rings. The molecule has 1 fully saturated rings. The predicted octanol–water partition coefficient (Wildman–Crippen LogP) is 1.06. The lowest BCUT2D eigenvalue weighted by Crippen LogP contribution is -2.41. The van der Waals surface area contributed by atoms with Crippen LogP contribution in [0.3, 0.4) is 0 Å². The van der Waals surface area contributed by atoms with Crippen molar-refractivity contribution >= 4 is 11.6 Å². The van der Waals surface area contributed by atoms with Gasteiger partial charge in [0.1, 0.15) is 12.4 Å². The van der Waals surface area contributed by atoms with E-state index in [2.05, 4.69) is 0 Å². The average Bonchev–Trinajstić information content (AvgIpc) is 2.30. The maximum absolute atomic E-state index is 11.5. The summed E-state index contributed by atoms with van der Waals surface area (Å²) in [7, 11) is 1.62. The van der Waals surface area contributed by atoms with Crippen LogP contribution in [0.15, 0.2) is 24.3 Å². The molecule has 0 radical (unpaired) electrons. The molecule has 80 valence electrons. The summed E-state index contributed by atoms with van der Waals surface area (Å²) in [6, 6.07) is 7.44. The first-order chi connectivity index (χ1) is 7.31. The second-order valence-electron chi connectivity index (χ2n) is 3.30. The fourth-order valence-electron chi connectivity index (χ4n) is 1.55.